The third-order valence-electron chi connectivity index (χ3n) is 15.3. The van der Waals surface area contributed by atoms with Crippen LogP contribution in [0.25, 0.3) is 0 Å². The van der Waals surface area contributed by atoms with E-state index in [1.165, 1.54) is 11.8 Å². The average Bonchev–Trinajstić information content (AvgIpc) is 3.76. The lowest BCUT2D eigenvalue weighted by molar-refractivity contribution is -0.201. The zero-order valence-electron chi connectivity index (χ0n) is 37.4. The van der Waals surface area contributed by atoms with Crippen LogP contribution in [0, 0.1) is 34.5 Å². The molecule has 7 rings (SSSR count). The predicted molar refractivity (Wildman–Crippen MR) is 240 cm³/mol. The molecule has 5 aliphatic rings. The first-order valence-corrected chi connectivity index (χ1v) is 23.9. The maximum atomic E-state index is 14.0. The summed E-state index contributed by atoms with van der Waals surface area (Å²) in [5.74, 6) is -1.54. The van der Waals surface area contributed by atoms with E-state index in [0.717, 1.165) is 40.7 Å². The summed E-state index contributed by atoms with van der Waals surface area (Å²) < 4.78 is 13.4. The molecule has 0 aromatic heterocycles. The number of hydrogen-bond acceptors (Lipinski definition) is 11. The van der Waals surface area contributed by atoms with Gasteiger partial charge in [-0.2, -0.15) is 11.8 Å². The number of Topliss-reactive ketones (excluding diaryl/α,β-unsaturated/α-hetero) is 4. The number of ether oxygens (including phenoxy) is 2. The molecule has 1 heterocycles. The topological polar surface area (TPSA) is 173 Å². The number of rotatable bonds is 18. The number of hydrogen-bond donors (Lipinski definition) is 3. The molecule has 2 aromatic carbocycles. The Kier molecular flexibility index (Phi) is 14.0. The van der Waals surface area contributed by atoms with Crippen LogP contribution in [0.15, 0.2) is 72.3 Å². The molecule has 0 bridgehead atoms. The number of amides is 1. The van der Waals surface area contributed by atoms with Crippen molar-refractivity contribution in [1.29, 1.82) is 0 Å². The lowest BCUT2D eigenvalue weighted by atomic mass is 9.46. The number of carbonyl (C=O) groups is 6. The minimum atomic E-state index is -1.43. The average molecular weight is 882 g/mol. The molecule has 0 spiro atoms. The van der Waals surface area contributed by atoms with Gasteiger partial charge in [-0.15, -0.1) is 0 Å². The summed E-state index contributed by atoms with van der Waals surface area (Å²) in [7, 11) is 0. The van der Waals surface area contributed by atoms with Gasteiger partial charge in [0.1, 0.15) is 18.2 Å². The van der Waals surface area contributed by atoms with Crippen LogP contribution in [0.4, 0.5) is 0 Å². The predicted octanol–water partition coefficient (Wildman–Crippen LogP) is 6.58. The van der Waals surface area contributed by atoms with Crippen LogP contribution < -0.4 is 5.32 Å². The van der Waals surface area contributed by atoms with E-state index >= 15 is 0 Å². The molecule has 4 fully saturated rings. The van der Waals surface area contributed by atoms with Crippen LogP contribution >= 0.6 is 11.8 Å². The molecule has 338 valence electrons. The summed E-state index contributed by atoms with van der Waals surface area (Å²) in [5.41, 5.74) is 1.96. The van der Waals surface area contributed by atoms with Gasteiger partial charge in [0, 0.05) is 53.9 Å². The minimum absolute atomic E-state index is 0.00628. The SMILES string of the molecule is CSC(C)C(=O)CCCC(=O)C[C@@H](C)C(=O)N[C@@H](C)C(=O)Cc1cccc(Cc2ccc([C@@H]3O[C@@H]4C[C@H]5[C@@H]6CCC7=CC(=O)C=C[C@]7(C)[C@H]6[C@@H](O)C[C@]5(C)[C@]4(C(=O)CO)O3)cc2)c1. The van der Waals surface area contributed by atoms with Crippen molar-refractivity contribution in [2.24, 2.45) is 34.5 Å². The Bertz CT molecular complexity index is 2180. The second kappa shape index (κ2) is 18.8. The highest BCUT2D eigenvalue weighted by molar-refractivity contribution is 7.99. The molecule has 63 heavy (non-hydrogen) atoms. The van der Waals surface area contributed by atoms with Crippen LogP contribution in [0.2, 0.25) is 0 Å². The third kappa shape index (κ3) is 9.00. The molecule has 2 aromatic rings. The van der Waals surface area contributed by atoms with E-state index in [4.69, 9.17) is 9.47 Å². The summed E-state index contributed by atoms with van der Waals surface area (Å²) in [6.07, 6.45) is 9.23. The first kappa shape index (κ1) is 46.9. The summed E-state index contributed by atoms with van der Waals surface area (Å²) >= 11 is 1.48. The number of nitrogens with one attached hydrogen (secondary N) is 1. The lowest BCUT2D eigenvalue weighted by Gasteiger charge is -2.59. The maximum absolute atomic E-state index is 14.0. The van der Waals surface area contributed by atoms with E-state index in [2.05, 4.69) is 12.2 Å². The maximum Gasteiger partial charge on any atom is 0.223 e. The van der Waals surface area contributed by atoms with E-state index in [1.807, 2.05) is 74.7 Å². The number of allylic oxidation sites excluding steroid dienone is 4. The minimum Gasteiger partial charge on any atom is -0.393 e. The van der Waals surface area contributed by atoms with Gasteiger partial charge in [0.05, 0.1) is 23.5 Å². The fraction of sp³-hybridized carbons (Fsp3) is 0.569. The fourth-order valence-corrected chi connectivity index (χ4v) is 12.2. The molecule has 12 atom stereocenters. The summed E-state index contributed by atoms with van der Waals surface area (Å²) in [6, 6.07) is 14.9. The van der Waals surface area contributed by atoms with Gasteiger partial charge in [-0.25, -0.2) is 0 Å². The van der Waals surface area contributed by atoms with Gasteiger partial charge in [-0.1, -0.05) is 81.0 Å². The number of benzene rings is 2. The molecular weight excluding hydrogens is 819 g/mol. The van der Waals surface area contributed by atoms with E-state index in [9.17, 15) is 39.0 Å². The van der Waals surface area contributed by atoms with Crippen molar-refractivity contribution in [2.75, 3.05) is 12.9 Å². The third-order valence-corrected chi connectivity index (χ3v) is 16.3. The van der Waals surface area contributed by atoms with Crippen molar-refractivity contribution in [3.8, 4) is 0 Å². The Morgan fingerprint density at radius 1 is 0.968 bits per heavy atom. The van der Waals surface area contributed by atoms with E-state index < -0.39 is 59.3 Å². The summed E-state index contributed by atoms with van der Waals surface area (Å²) in [6.45, 7) is 8.62. The Morgan fingerprint density at radius 2 is 1.70 bits per heavy atom. The van der Waals surface area contributed by atoms with Crippen LogP contribution in [0.5, 0.6) is 0 Å². The summed E-state index contributed by atoms with van der Waals surface area (Å²) in [5, 5.41) is 25.0. The molecule has 1 amide bonds. The van der Waals surface area contributed by atoms with Crippen LogP contribution in [0.1, 0.15) is 115 Å². The quantitative estimate of drug-likeness (QED) is 0.148. The molecule has 12 heteroatoms. The van der Waals surface area contributed by atoms with Crippen molar-refractivity contribution in [3.63, 3.8) is 0 Å². The molecule has 1 saturated heterocycles. The van der Waals surface area contributed by atoms with E-state index in [1.54, 1.807) is 26.0 Å². The van der Waals surface area contributed by atoms with Gasteiger partial charge in [0.25, 0.3) is 0 Å². The van der Waals surface area contributed by atoms with Gasteiger partial charge in [-0.05, 0) is 99.3 Å². The number of aliphatic hydroxyl groups excluding tert-OH is 2. The Balaban J connectivity index is 0.944. The van der Waals surface area contributed by atoms with Gasteiger partial charge >= 0.3 is 0 Å². The smallest absolute Gasteiger partial charge is 0.223 e. The lowest BCUT2D eigenvalue weighted by Crippen LogP contribution is -2.63. The van der Waals surface area contributed by atoms with E-state index in [-0.39, 0.29) is 71.3 Å². The molecule has 3 N–H and O–H groups in total. The standard InChI is InChI=1S/C51H63NO10S/c1-29(21-37(54)11-8-12-41(56)31(3)63-6)47(60)52-30(2)42(57)24-34-10-7-9-33(23-34)22-32-13-15-35(16-14-32)48-61-45-26-40-39-18-17-36-25-38(55)19-20-49(36,4)46(39)43(58)27-50(40,5)51(45,62-48)44(59)28-53/h7,9-10,13-16,19-20,23,25,29-31,39-40,43,45-46,48,53,58H,8,11-12,17-18,21-22,24,26-28H2,1-6H3,(H,52,60)/t29-,30+,31?,39+,40+,43+,45-,46-,48-,49+,50+,51-/m1/s1. The van der Waals surface area contributed by atoms with E-state index in [0.29, 0.717) is 32.1 Å². The van der Waals surface area contributed by atoms with Crippen molar-refractivity contribution in [2.45, 2.75) is 134 Å². The monoisotopic (exact) mass is 881 g/mol. The van der Waals surface area contributed by atoms with Gasteiger partial charge in [0.15, 0.2) is 29.2 Å². The number of fused-ring (bicyclic) bond motifs is 7. The first-order chi connectivity index (χ1) is 29.9. The number of aliphatic hydroxyl groups is 2. The number of ketones is 5. The molecule has 3 saturated carbocycles. The fourth-order valence-electron chi connectivity index (χ4n) is 11.8. The normalized spacial score (nSPS) is 32.0. The van der Waals surface area contributed by atoms with Gasteiger partial charge in [0.2, 0.25) is 5.91 Å². The highest BCUT2D eigenvalue weighted by Gasteiger charge is 2.75. The molecule has 4 aliphatic carbocycles. The Hall–Kier alpha value is -4.07. The molecule has 11 nitrogen and oxygen atoms in total. The van der Waals surface area contributed by atoms with Crippen molar-refractivity contribution < 1.29 is 48.5 Å². The highest BCUT2D eigenvalue weighted by atomic mass is 32.2. The second-order valence-electron chi connectivity index (χ2n) is 19.3. The number of thioether (sulfide) groups is 1. The molecule has 0 radical (unpaired) electrons. The largest absolute Gasteiger partial charge is 0.393 e. The van der Waals surface area contributed by atoms with Crippen molar-refractivity contribution in [1.82, 2.24) is 5.32 Å². The second-order valence-corrected chi connectivity index (χ2v) is 20.5. The zero-order chi connectivity index (χ0) is 45.4. The Labute approximate surface area is 375 Å². The van der Waals surface area contributed by atoms with Crippen molar-refractivity contribution >= 4 is 46.6 Å². The molecule has 1 aliphatic heterocycles. The van der Waals surface area contributed by atoms with Gasteiger partial charge in [-0.3, -0.25) is 28.8 Å². The zero-order valence-corrected chi connectivity index (χ0v) is 38.2. The molecule has 1 unspecified atom stereocenters. The highest BCUT2D eigenvalue weighted by Crippen LogP contribution is 2.70. The van der Waals surface area contributed by atoms with Gasteiger partial charge < -0.3 is 25.0 Å². The van der Waals surface area contributed by atoms with Crippen molar-refractivity contribution in [3.05, 3.63) is 94.6 Å². The number of carbonyl (C=O) groups excluding carboxylic acids is 6. The van der Waals surface area contributed by atoms with Crippen LogP contribution in [-0.2, 0) is 51.1 Å². The first-order valence-electron chi connectivity index (χ1n) is 22.6. The Morgan fingerprint density at radius 3 is 2.41 bits per heavy atom. The molecular formula is C51H63NO10S. The van der Waals surface area contributed by atoms with Crippen LogP contribution in [-0.4, -0.2) is 87.0 Å². The van der Waals surface area contributed by atoms with Crippen LogP contribution in [0.3, 0.4) is 0 Å². The summed E-state index contributed by atoms with van der Waals surface area (Å²) in [4.78, 5) is 76.9.